The molecule has 1 aromatic carbocycles. The van der Waals surface area contributed by atoms with Crippen molar-refractivity contribution in [3.8, 4) is 0 Å². The Bertz CT molecular complexity index is 488. The number of ether oxygens (including phenoxy) is 1. The normalized spacial score (nSPS) is 16.9. The molecule has 0 amide bonds. The number of halogens is 1. The molecule has 116 valence electrons. The van der Waals surface area contributed by atoms with Crippen molar-refractivity contribution in [3.63, 3.8) is 0 Å². The average Bonchev–Trinajstić information content (AvgIpc) is 2.49. The number of aliphatic hydroxyl groups excluding tert-OH is 1. The molecule has 1 aliphatic rings. The molecule has 1 aliphatic heterocycles. The third-order valence-electron chi connectivity index (χ3n) is 3.73. The molecular formula is C15H21FN2O3. The van der Waals surface area contributed by atoms with Gasteiger partial charge in [-0.3, -0.25) is 9.80 Å². The highest BCUT2D eigenvalue weighted by molar-refractivity contribution is 5.89. The maximum absolute atomic E-state index is 13.8. The highest BCUT2D eigenvalue weighted by Crippen LogP contribution is 2.14. The molecular weight excluding hydrogens is 275 g/mol. The predicted molar refractivity (Wildman–Crippen MR) is 76.5 cm³/mol. The zero-order chi connectivity index (χ0) is 15.2. The van der Waals surface area contributed by atoms with E-state index < -0.39 is 11.8 Å². The van der Waals surface area contributed by atoms with E-state index in [1.165, 1.54) is 19.2 Å². The Hall–Kier alpha value is -1.50. The maximum atomic E-state index is 13.8. The number of hydrogen-bond acceptors (Lipinski definition) is 5. The Labute approximate surface area is 123 Å². The first-order chi connectivity index (χ1) is 10.1. The van der Waals surface area contributed by atoms with E-state index in [-0.39, 0.29) is 12.2 Å². The van der Waals surface area contributed by atoms with E-state index in [2.05, 4.69) is 14.5 Å². The molecule has 0 radical (unpaired) electrons. The van der Waals surface area contributed by atoms with E-state index in [0.717, 1.165) is 31.7 Å². The third-order valence-corrected chi connectivity index (χ3v) is 3.73. The van der Waals surface area contributed by atoms with Crippen LogP contribution in [0.15, 0.2) is 18.2 Å². The van der Waals surface area contributed by atoms with Gasteiger partial charge in [0, 0.05) is 39.3 Å². The summed E-state index contributed by atoms with van der Waals surface area (Å²) in [6, 6.07) is 4.63. The number of hydrogen-bond donors (Lipinski definition) is 1. The van der Waals surface area contributed by atoms with Gasteiger partial charge in [-0.15, -0.1) is 0 Å². The Morgan fingerprint density at radius 2 is 1.95 bits per heavy atom. The summed E-state index contributed by atoms with van der Waals surface area (Å²) < 4.78 is 18.4. The number of piperazine rings is 1. The molecule has 0 bridgehead atoms. The van der Waals surface area contributed by atoms with Crippen LogP contribution in [0.1, 0.15) is 15.9 Å². The van der Waals surface area contributed by atoms with Crippen molar-refractivity contribution in [2.24, 2.45) is 0 Å². The van der Waals surface area contributed by atoms with E-state index in [9.17, 15) is 9.18 Å². The second-order valence-corrected chi connectivity index (χ2v) is 5.15. The molecule has 0 saturated carbocycles. The first kappa shape index (κ1) is 15.9. The smallest absolute Gasteiger partial charge is 0.340 e. The Balaban J connectivity index is 1.92. The van der Waals surface area contributed by atoms with Crippen molar-refractivity contribution in [1.82, 2.24) is 9.80 Å². The second kappa shape index (κ2) is 7.49. The van der Waals surface area contributed by atoms with Crippen molar-refractivity contribution in [2.75, 3.05) is 46.4 Å². The summed E-state index contributed by atoms with van der Waals surface area (Å²) in [6.45, 7) is 5.13. The largest absolute Gasteiger partial charge is 0.465 e. The van der Waals surface area contributed by atoms with Gasteiger partial charge in [-0.25, -0.2) is 9.18 Å². The summed E-state index contributed by atoms with van der Waals surface area (Å²) in [7, 11) is 1.24. The van der Waals surface area contributed by atoms with Gasteiger partial charge in [0.2, 0.25) is 0 Å². The van der Waals surface area contributed by atoms with E-state index in [4.69, 9.17) is 5.11 Å². The molecule has 0 aliphatic carbocycles. The van der Waals surface area contributed by atoms with E-state index in [0.29, 0.717) is 13.1 Å². The zero-order valence-electron chi connectivity index (χ0n) is 12.2. The zero-order valence-corrected chi connectivity index (χ0v) is 12.2. The summed E-state index contributed by atoms with van der Waals surface area (Å²) >= 11 is 0. The molecule has 1 heterocycles. The number of β-amino-alcohol motifs (C(OH)–C–C–N with tert-alkyl or cyclic N) is 1. The van der Waals surface area contributed by atoms with Gasteiger partial charge >= 0.3 is 5.97 Å². The number of carbonyl (C=O) groups is 1. The molecule has 1 saturated heterocycles. The van der Waals surface area contributed by atoms with Gasteiger partial charge in [-0.05, 0) is 17.7 Å². The lowest BCUT2D eigenvalue weighted by Crippen LogP contribution is -2.46. The Morgan fingerprint density at radius 3 is 2.52 bits per heavy atom. The van der Waals surface area contributed by atoms with Gasteiger partial charge in [-0.2, -0.15) is 0 Å². The summed E-state index contributed by atoms with van der Waals surface area (Å²) in [5.41, 5.74) is 0.810. The Morgan fingerprint density at radius 1 is 1.29 bits per heavy atom. The molecule has 5 nitrogen and oxygen atoms in total. The van der Waals surface area contributed by atoms with E-state index in [1.54, 1.807) is 6.07 Å². The molecule has 1 aromatic rings. The molecule has 0 unspecified atom stereocenters. The summed E-state index contributed by atoms with van der Waals surface area (Å²) in [4.78, 5) is 15.8. The van der Waals surface area contributed by atoms with Crippen LogP contribution in [0.5, 0.6) is 0 Å². The van der Waals surface area contributed by atoms with Gasteiger partial charge in [0.25, 0.3) is 0 Å². The minimum absolute atomic E-state index is 0.0333. The Kier molecular flexibility index (Phi) is 5.67. The molecule has 0 aromatic heterocycles. The monoisotopic (exact) mass is 296 g/mol. The van der Waals surface area contributed by atoms with Gasteiger partial charge in [0.05, 0.1) is 19.3 Å². The van der Waals surface area contributed by atoms with Crippen molar-refractivity contribution >= 4 is 5.97 Å². The lowest BCUT2D eigenvalue weighted by Gasteiger charge is -2.34. The minimum atomic E-state index is -0.656. The number of methoxy groups -OCH3 is 1. The fourth-order valence-corrected chi connectivity index (χ4v) is 2.50. The average molecular weight is 296 g/mol. The van der Waals surface area contributed by atoms with Gasteiger partial charge < -0.3 is 9.84 Å². The van der Waals surface area contributed by atoms with Gasteiger partial charge in [0.15, 0.2) is 0 Å². The van der Waals surface area contributed by atoms with E-state index >= 15 is 0 Å². The van der Waals surface area contributed by atoms with Crippen LogP contribution >= 0.6 is 0 Å². The van der Waals surface area contributed by atoms with Crippen LogP contribution in [-0.4, -0.2) is 67.3 Å². The fourth-order valence-electron chi connectivity index (χ4n) is 2.50. The molecule has 1 fully saturated rings. The fraction of sp³-hybridized carbons (Fsp3) is 0.533. The lowest BCUT2D eigenvalue weighted by atomic mass is 10.1. The topological polar surface area (TPSA) is 53.0 Å². The number of esters is 1. The van der Waals surface area contributed by atoms with Crippen molar-refractivity contribution < 1.29 is 19.0 Å². The number of benzene rings is 1. The highest BCUT2D eigenvalue weighted by Gasteiger charge is 2.18. The van der Waals surface area contributed by atoms with Gasteiger partial charge in [-0.1, -0.05) is 6.07 Å². The van der Waals surface area contributed by atoms with Crippen LogP contribution in [0.4, 0.5) is 4.39 Å². The number of nitrogens with zero attached hydrogens (tertiary/aromatic N) is 2. The van der Waals surface area contributed by atoms with Crippen molar-refractivity contribution in [3.05, 3.63) is 35.1 Å². The van der Waals surface area contributed by atoms with Crippen LogP contribution in [0.2, 0.25) is 0 Å². The quantitative estimate of drug-likeness (QED) is 0.812. The van der Waals surface area contributed by atoms with Crippen molar-refractivity contribution in [1.29, 1.82) is 0 Å². The number of aliphatic hydroxyl groups is 1. The standard InChI is InChI=1S/C15H21FN2O3/c1-21-15(20)13-3-2-12(10-14(13)16)11-18-6-4-17(5-7-18)8-9-19/h2-3,10,19H,4-9,11H2,1H3. The first-order valence-electron chi connectivity index (χ1n) is 7.06. The third kappa shape index (κ3) is 4.23. The molecule has 2 rings (SSSR count). The summed E-state index contributed by atoms with van der Waals surface area (Å²) in [6.07, 6.45) is 0. The molecule has 21 heavy (non-hydrogen) atoms. The minimum Gasteiger partial charge on any atom is -0.465 e. The van der Waals surface area contributed by atoms with Crippen LogP contribution in [0, 0.1) is 5.82 Å². The summed E-state index contributed by atoms with van der Waals surface area (Å²) in [5.74, 6) is -1.20. The second-order valence-electron chi connectivity index (χ2n) is 5.15. The maximum Gasteiger partial charge on any atom is 0.340 e. The van der Waals surface area contributed by atoms with E-state index in [1.807, 2.05) is 0 Å². The summed E-state index contributed by atoms with van der Waals surface area (Å²) in [5, 5.41) is 8.91. The van der Waals surface area contributed by atoms with Crippen LogP contribution in [-0.2, 0) is 11.3 Å². The molecule has 0 spiro atoms. The van der Waals surface area contributed by atoms with Crippen LogP contribution in [0.25, 0.3) is 0 Å². The van der Waals surface area contributed by atoms with Crippen LogP contribution < -0.4 is 0 Å². The van der Waals surface area contributed by atoms with Gasteiger partial charge in [0.1, 0.15) is 5.82 Å². The van der Waals surface area contributed by atoms with Crippen LogP contribution in [0.3, 0.4) is 0 Å². The predicted octanol–water partition coefficient (Wildman–Crippen LogP) is 0.722. The highest BCUT2D eigenvalue weighted by atomic mass is 19.1. The number of carbonyl (C=O) groups excluding carboxylic acids is 1. The molecule has 6 heteroatoms. The molecule has 0 atom stereocenters. The van der Waals surface area contributed by atoms with Crippen molar-refractivity contribution in [2.45, 2.75) is 6.54 Å². The molecule has 1 N–H and O–H groups in total. The lowest BCUT2D eigenvalue weighted by molar-refractivity contribution is 0.0595. The first-order valence-corrected chi connectivity index (χ1v) is 7.06. The SMILES string of the molecule is COC(=O)c1ccc(CN2CCN(CCO)CC2)cc1F. The number of rotatable bonds is 5.